The average molecular weight is 188 g/mol. The van der Waals surface area contributed by atoms with Crippen LogP contribution < -0.4 is 4.74 Å². The minimum atomic E-state index is 0.631. The maximum Gasteiger partial charge on any atom is 0.297 e. The maximum absolute atomic E-state index is 5.19. The first kappa shape index (κ1) is 8.81. The second kappa shape index (κ2) is 3.54. The Balaban J connectivity index is 2.67. The molecule has 0 radical (unpaired) electrons. The van der Waals surface area contributed by atoms with E-state index in [4.69, 9.17) is 4.74 Å². The molecule has 1 aromatic carbocycles. The van der Waals surface area contributed by atoms with Crippen LogP contribution in [-0.2, 0) is 6.54 Å². The van der Waals surface area contributed by atoms with Crippen molar-refractivity contribution in [2.24, 2.45) is 0 Å². The normalized spacial score (nSPS) is 10.4. The van der Waals surface area contributed by atoms with Crippen LogP contribution in [0.4, 0.5) is 0 Å². The molecule has 1 heterocycles. The Bertz CT molecular complexity index is 459. The van der Waals surface area contributed by atoms with Gasteiger partial charge < -0.3 is 4.74 Å². The Hall–Kier alpha value is -1.77. The molecule has 3 heteroatoms. The van der Waals surface area contributed by atoms with E-state index in [2.05, 4.69) is 11.6 Å². The summed E-state index contributed by atoms with van der Waals surface area (Å²) in [7, 11) is 1.63. The third-order valence-electron chi connectivity index (χ3n) is 2.11. The summed E-state index contributed by atoms with van der Waals surface area (Å²) in [6, 6.07) is 8.58. The number of rotatable bonds is 3. The number of methoxy groups -OCH3 is 1. The molecule has 72 valence electrons. The Morgan fingerprint density at radius 3 is 3.00 bits per heavy atom. The van der Waals surface area contributed by atoms with Crippen LogP contribution in [0.3, 0.4) is 0 Å². The third kappa shape index (κ3) is 1.27. The van der Waals surface area contributed by atoms with Crippen LogP contribution in [0.15, 0.2) is 36.9 Å². The molecule has 0 aliphatic carbocycles. The Morgan fingerprint density at radius 2 is 2.29 bits per heavy atom. The molecule has 0 saturated heterocycles. The molecule has 0 atom stereocenters. The average Bonchev–Trinajstić information content (AvgIpc) is 2.58. The van der Waals surface area contributed by atoms with E-state index >= 15 is 0 Å². The molecule has 0 fully saturated rings. The Labute approximate surface area is 82.6 Å². The van der Waals surface area contributed by atoms with Gasteiger partial charge in [0.1, 0.15) is 0 Å². The van der Waals surface area contributed by atoms with Crippen LogP contribution in [0, 0.1) is 0 Å². The molecule has 0 spiro atoms. The number of aromatic nitrogens is 2. The zero-order valence-corrected chi connectivity index (χ0v) is 8.10. The predicted octanol–water partition coefficient (Wildman–Crippen LogP) is 2.23. The number of allylic oxidation sites excluding steroid dienone is 1. The van der Waals surface area contributed by atoms with Gasteiger partial charge in [-0.25, -0.2) is 0 Å². The fourth-order valence-electron chi connectivity index (χ4n) is 1.51. The van der Waals surface area contributed by atoms with E-state index in [-0.39, 0.29) is 0 Å². The summed E-state index contributed by atoms with van der Waals surface area (Å²) in [5, 5.41) is 0. The number of hydrogen-bond acceptors (Lipinski definition) is 2. The van der Waals surface area contributed by atoms with Crippen molar-refractivity contribution in [3.8, 4) is 6.01 Å². The summed E-state index contributed by atoms with van der Waals surface area (Å²) in [5.74, 6) is 0. The molecule has 2 rings (SSSR count). The number of ether oxygens (including phenoxy) is 1. The minimum absolute atomic E-state index is 0.631. The van der Waals surface area contributed by atoms with Crippen LogP contribution in [0.2, 0.25) is 0 Å². The molecule has 0 N–H and O–H groups in total. The second-order valence-corrected chi connectivity index (χ2v) is 2.99. The van der Waals surface area contributed by atoms with Gasteiger partial charge in [0.15, 0.2) is 0 Å². The van der Waals surface area contributed by atoms with Crippen molar-refractivity contribution in [3.63, 3.8) is 0 Å². The van der Waals surface area contributed by atoms with Gasteiger partial charge in [-0.1, -0.05) is 18.2 Å². The van der Waals surface area contributed by atoms with Crippen molar-refractivity contribution < 1.29 is 4.74 Å². The lowest BCUT2D eigenvalue weighted by Gasteiger charge is -2.03. The summed E-state index contributed by atoms with van der Waals surface area (Å²) in [6.07, 6.45) is 1.83. The number of hydrogen-bond donors (Lipinski definition) is 0. The highest BCUT2D eigenvalue weighted by Gasteiger charge is 2.08. The van der Waals surface area contributed by atoms with Gasteiger partial charge >= 0.3 is 0 Å². The summed E-state index contributed by atoms with van der Waals surface area (Å²) >= 11 is 0. The molecule has 3 nitrogen and oxygen atoms in total. The van der Waals surface area contributed by atoms with Gasteiger partial charge in [0, 0.05) is 6.54 Å². The quantitative estimate of drug-likeness (QED) is 0.690. The number of para-hydroxylation sites is 2. The van der Waals surface area contributed by atoms with Crippen molar-refractivity contribution in [1.82, 2.24) is 9.55 Å². The predicted molar refractivity (Wildman–Crippen MR) is 56.5 cm³/mol. The van der Waals surface area contributed by atoms with Crippen molar-refractivity contribution >= 4 is 11.0 Å². The van der Waals surface area contributed by atoms with Crippen LogP contribution in [-0.4, -0.2) is 16.7 Å². The monoisotopic (exact) mass is 188 g/mol. The molecule has 0 bridgehead atoms. The van der Waals surface area contributed by atoms with Crippen molar-refractivity contribution in [2.45, 2.75) is 6.54 Å². The largest absolute Gasteiger partial charge is 0.468 e. The molecule has 0 amide bonds. The minimum Gasteiger partial charge on any atom is -0.468 e. The molecule has 1 aromatic heterocycles. The maximum atomic E-state index is 5.19. The highest BCUT2D eigenvalue weighted by atomic mass is 16.5. The van der Waals surface area contributed by atoms with E-state index in [0.717, 1.165) is 11.0 Å². The standard InChI is InChI=1S/C11H12N2O/c1-3-8-13-10-7-5-4-6-9(10)12-11(13)14-2/h3-7H,1,8H2,2H3. The molecule has 0 aliphatic heterocycles. The zero-order chi connectivity index (χ0) is 9.97. The molecule has 14 heavy (non-hydrogen) atoms. The number of nitrogens with zero attached hydrogens (tertiary/aromatic N) is 2. The SMILES string of the molecule is C=CCn1c(OC)nc2ccccc21. The summed E-state index contributed by atoms with van der Waals surface area (Å²) < 4.78 is 7.18. The molecule has 0 unspecified atom stereocenters. The fourth-order valence-corrected chi connectivity index (χ4v) is 1.51. The molecular weight excluding hydrogens is 176 g/mol. The highest BCUT2D eigenvalue weighted by molar-refractivity contribution is 5.76. The van der Waals surface area contributed by atoms with Gasteiger partial charge in [0.2, 0.25) is 0 Å². The van der Waals surface area contributed by atoms with E-state index in [1.807, 2.05) is 34.9 Å². The van der Waals surface area contributed by atoms with E-state index in [1.54, 1.807) is 7.11 Å². The Kier molecular flexibility index (Phi) is 2.23. The fraction of sp³-hybridized carbons (Fsp3) is 0.182. The topological polar surface area (TPSA) is 27.1 Å². The first-order valence-corrected chi connectivity index (χ1v) is 4.47. The first-order chi connectivity index (χ1) is 6.86. The van der Waals surface area contributed by atoms with Crippen LogP contribution in [0.25, 0.3) is 11.0 Å². The van der Waals surface area contributed by atoms with Gasteiger partial charge in [0.25, 0.3) is 6.01 Å². The van der Waals surface area contributed by atoms with E-state index in [1.165, 1.54) is 0 Å². The highest BCUT2D eigenvalue weighted by Crippen LogP contribution is 2.20. The smallest absolute Gasteiger partial charge is 0.297 e. The Morgan fingerprint density at radius 1 is 1.50 bits per heavy atom. The molecule has 0 aliphatic rings. The lowest BCUT2D eigenvalue weighted by molar-refractivity contribution is 0.365. The molecule has 0 saturated carbocycles. The van der Waals surface area contributed by atoms with Gasteiger partial charge in [0.05, 0.1) is 18.1 Å². The molecule has 2 aromatic rings. The molecular formula is C11H12N2O. The van der Waals surface area contributed by atoms with Gasteiger partial charge in [-0.15, -0.1) is 6.58 Å². The van der Waals surface area contributed by atoms with Crippen molar-refractivity contribution in [1.29, 1.82) is 0 Å². The number of imidazole rings is 1. The lowest BCUT2D eigenvalue weighted by atomic mass is 10.3. The van der Waals surface area contributed by atoms with E-state index in [9.17, 15) is 0 Å². The van der Waals surface area contributed by atoms with Crippen LogP contribution in [0.5, 0.6) is 6.01 Å². The van der Waals surface area contributed by atoms with Gasteiger partial charge in [-0.05, 0) is 12.1 Å². The van der Waals surface area contributed by atoms with E-state index < -0.39 is 0 Å². The lowest BCUT2D eigenvalue weighted by Crippen LogP contribution is -1.98. The number of benzene rings is 1. The summed E-state index contributed by atoms with van der Waals surface area (Å²) in [4.78, 5) is 4.34. The second-order valence-electron chi connectivity index (χ2n) is 2.99. The van der Waals surface area contributed by atoms with Crippen molar-refractivity contribution in [3.05, 3.63) is 36.9 Å². The van der Waals surface area contributed by atoms with E-state index in [0.29, 0.717) is 12.6 Å². The van der Waals surface area contributed by atoms with Crippen LogP contribution in [0.1, 0.15) is 0 Å². The zero-order valence-electron chi connectivity index (χ0n) is 8.10. The van der Waals surface area contributed by atoms with Crippen LogP contribution >= 0.6 is 0 Å². The van der Waals surface area contributed by atoms with Gasteiger partial charge in [-0.2, -0.15) is 4.98 Å². The summed E-state index contributed by atoms with van der Waals surface area (Å²) in [6.45, 7) is 4.43. The third-order valence-corrected chi connectivity index (χ3v) is 2.11. The van der Waals surface area contributed by atoms with Crippen molar-refractivity contribution in [2.75, 3.05) is 7.11 Å². The van der Waals surface area contributed by atoms with Gasteiger partial charge in [-0.3, -0.25) is 4.57 Å². The summed E-state index contributed by atoms with van der Waals surface area (Å²) in [5.41, 5.74) is 2.02. The first-order valence-electron chi connectivity index (χ1n) is 4.47. The number of fused-ring (bicyclic) bond motifs is 1.